The maximum absolute atomic E-state index is 13.3. The largest absolute Gasteiger partial charge is 0.497 e. The SMILES string of the molecule is COc1ccc(CSc2nnc(-c3ccc(F)cc3)n2-c2ccccc2)cc1. The standard InChI is InChI=1S/C22H18FN3OS/c1-27-20-13-7-16(8-14-20)15-28-22-25-24-21(17-9-11-18(23)12-10-17)26(22)19-5-3-2-4-6-19/h2-14H,15H2,1H3. The van der Waals surface area contributed by atoms with Crippen LogP contribution in [-0.2, 0) is 5.75 Å². The first-order valence-electron chi connectivity index (χ1n) is 8.77. The van der Waals surface area contributed by atoms with Crippen molar-refractivity contribution in [2.24, 2.45) is 0 Å². The molecule has 0 aliphatic heterocycles. The molecule has 1 aromatic heterocycles. The quantitative estimate of drug-likeness (QED) is 0.414. The molecule has 0 bridgehead atoms. The van der Waals surface area contributed by atoms with Crippen LogP contribution in [0.3, 0.4) is 0 Å². The zero-order valence-electron chi connectivity index (χ0n) is 15.2. The summed E-state index contributed by atoms with van der Waals surface area (Å²) in [4.78, 5) is 0. The van der Waals surface area contributed by atoms with Crippen molar-refractivity contribution in [3.63, 3.8) is 0 Å². The van der Waals surface area contributed by atoms with Gasteiger partial charge in [0.2, 0.25) is 0 Å². The normalized spacial score (nSPS) is 10.8. The van der Waals surface area contributed by atoms with Crippen molar-refractivity contribution in [2.45, 2.75) is 10.9 Å². The van der Waals surface area contributed by atoms with Gasteiger partial charge < -0.3 is 4.74 Å². The van der Waals surface area contributed by atoms with Crippen LogP contribution in [0.15, 0.2) is 84.0 Å². The third-order valence-electron chi connectivity index (χ3n) is 4.28. The van der Waals surface area contributed by atoms with Crippen molar-refractivity contribution in [2.75, 3.05) is 7.11 Å². The molecule has 0 saturated heterocycles. The van der Waals surface area contributed by atoms with Gasteiger partial charge in [-0.1, -0.05) is 42.1 Å². The Hall–Kier alpha value is -3.12. The van der Waals surface area contributed by atoms with Gasteiger partial charge >= 0.3 is 0 Å². The maximum Gasteiger partial charge on any atom is 0.196 e. The van der Waals surface area contributed by atoms with E-state index in [1.165, 1.54) is 12.1 Å². The van der Waals surface area contributed by atoms with Gasteiger partial charge in [0, 0.05) is 17.0 Å². The van der Waals surface area contributed by atoms with Gasteiger partial charge in [-0.3, -0.25) is 4.57 Å². The van der Waals surface area contributed by atoms with Gasteiger partial charge in [0.15, 0.2) is 11.0 Å². The van der Waals surface area contributed by atoms with E-state index in [1.54, 1.807) is 31.0 Å². The molecule has 28 heavy (non-hydrogen) atoms. The molecule has 0 radical (unpaired) electrons. The average molecular weight is 391 g/mol. The number of para-hydroxylation sites is 1. The van der Waals surface area contributed by atoms with E-state index >= 15 is 0 Å². The molecular formula is C22H18FN3OS. The van der Waals surface area contributed by atoms with Crippen molar-refractivity contribution in [1.29, 1.82) is 0 Å². The minimum absolute atomic E-state index is 0.274. The van der Waals surface area contributed by atoms with Crippen molar-refractivity contribution in [1.82, 2.24) is 14.8 Å². The van der Waals surface area contributed by atoms with E-state index in [1.807, 2.05) is 59.2 Å². The van der Waals surface area contributed by atoms with Gasteiger partial charge in [0.1, 0.15) is 11.6 Å². The van der Waals surface area contributed by atoms with E-state index in [9.17, 15) is 4.39 Å². The molecule has 4 rings (SSSR count). The first kappa shape index (κ1) is 18.3. The zero-order valence-corrected chi connectivity index (χ0v) is 16.1. The number of nitrogens with zero attached hydrogens (tertiary/aromatic N) is 3. The molecule has 0 unspecified atom stereocenters. The number of hydrogen-bond donors (Lipinski definition) is 0. The predicted octanol–water partition coefficient (Wildman–Crippen LogP) is 5.37. The molecule has 140 valence electrons. The minimum atomic E-state index is -0.274. The van der Waals surface area contributed by atoms with Crippen LogP contribution in [0.5, 0.6) is 5.75 Å². The molecule has 4 nitrogen and oxygen atoms in total. The van der Waals surface area contributed by atoms with E-state index in [4.69, 9.17) is 4.74 Å². The van der Waals surface area contributed by atoms with Gasteiger partial charge in [0.25, 0.3) is 0 Å². The summed E-state index contributed by atoms with van der Waals surface area (Å²) < 4.78 is 20.5. The van der Waals surface area contributed by atoms with Crippen LogP contribution in [0.25, 0.3) is 17.1 Å². The summed E-state index contributed by atoms with van der Waals surface area (Å²) in [6.45, 7) is 0. The van der Waals surface area contributed by atoms with Gasteiger partial charge in [0.05, 0.1) is 7.11 Å². The molecule has 4 aromatic rings. The van der Waals surface area contributed by atoms with Crippen LogP contribution < -0.4 is 4.74 Å². The van der Waals surface area contributed by atoms with Crippen LogP contribution in [0.2, 0.25) is 0 Å². The molecule has 0 aliphatic rings. The van der Waals surface area contributed by atoms with Crippen molar-refractivity contribution < 1.29 is 9.13 Å². The third-order valence-corrected chi connectivity index (χ3v) is 5.28. The molecule has 0 spiro atoms. The number of halogens is 1. The van der Waals surface area contributed by atoms with Gasteiger partial charge in [-0.2, -0.15) is 0 Å². The Kier molecular flexibility index (Phi) is 5.39. The molecule has 1 heterocycles. The first-order valence-corrected chi connectivity index (χ1v) is 9.75. The Bertz CT molecular complexity index is 1050. The molecule has 0 saturated carbocycles. The fraction of sp³-hybridized carbons (Fsp3) is 0.0909. The fourth-order valence-electron chi connectivity index (χ4n) is 2.83. The van der Waals surface area contributed by atoms with Gasteiger partial charge in [-0.25, -0.2) is 4.39 Å². The number of methoxy groups -OCH3 is 1. The number of rotatable bonds is 6. The Balaban J connectivity index is 1.67. The van der Waals surface area contributed by atoms with E-state index in [0.29, 0.717) is 5.82 Å². The predicted molar refractivity (Wildman–Crippen MR) is 109 cm³/mol. The lowest BCUT2D eigenvalue weighted by molar-refractivity contribution is 0.414. The van der Waals surface area contributed by atoms with Gasteiger partial charge in [-0.05, 0) is 54.1 Å². The summed E-state index contributed by atoms with van der Waals surface area (Å²) in [6, 6.07) is 24.2. The summed E-state index contributed by atoms with van der Waals surface area (Å²) >= 11 is 1.60. The fourth-order valence-corrected chi connectivity index (χ4v) is 3.74. The van der Waals surface area contributed by atoms with Crippen LogP contribution in [-0.4, -0.2) is 21.9 Å². The highest BCUT2D eigenvalue weighted by Gasteiger charge is 2.16. The zero-order chi connectivity index (χ0) is 19.3. The molecule has 6 heteroatoms. The number of benzene rings is 3. The number of aromatic nitrogens is 3. The van der Waals surface area contributed by atoms with Crippen molar-refractivity contribution >= 4 is 11.8 Å². The highest BCUT2D eigenvalue weighted by Crippen LogP contribution is 2.30. The molecule has 3 aromatic carbocycles. The lowest BCUT2D eigenvalue weighted by Gasteiger charge is -2.10. The van der Waals surface area contributed by atoms with Crippen LogP contribution in [0.4, 0.5) is 4.39 Å². The number of ether oxygens (including phenoxy) is 1. The van der Waals surface area contributed by atoms with Crippen molar-refractivity contribution in [3.8, 4) is 22.8 Å². The smallest absolute Gasteiger partial charge is 0.196 e. The molecular weight excluding hydrogens is 373 g/mol. The topological polar surface area (TPSA) is 39.9 Å². The maximum atomic E-state index is 13.3. The molecule has 0 amide bonds. The molecule has 0 atom stereocenters. The summed E-state index contributed by atoms with van der Waals surface area (Å²) in [5, 5.41) is 9.56. The van der Waals surface area contributed by atoms with Crippen LogP contribution >= 0.6 is 11.8 Å². The van der Waals surface area contributed by atoms with Crippen LogP contribution in [0, 0.1) is 5.82 Å². The monoisotopic (exact) mass is 391 g/mol. The Morgan fingerprint density at radius 1 is 0.893 bits per heavy atom. The summed E-state index contributed by atoms with van der Waals surface area (Å²) in [5.74, 6) is 1.99. The minimum Gasteiger partial charge on any atom is -0.497 e. The summed E-state index contributed by atoms with van der Waals surface area (Å²) in [5.41, 5.74) is 2.94. The number of hydrogen-bond acceptors (Lipinski definition) is 4. The molecule has 0 N–H and O–H groups in total. The van der Waals surface area contributed by atoms with Crippen molar-refractivity contribution in [3.05, 3.63) is 90.2 Å². The first-order chi connectivity index (χ1) is 13.7. The highest BCUT2D eigenvalue weighted by molar-refractivity contribution is 7.98. The van der Waals surface area contributed by atoms with E-state index in [0.717, 1.165) is 33.5 Å². The van der Waals surface area contributed by atoms with Crippen LogP contribution in [0.1, 0.15) is 5.56 Å². The Morgan fingerprint density at radius 2 is 1.61 bits per heavy atom. The second kappa shape index (κ2) is 8.27. The lowest BCUT2D eigenvalue weighted by Crippen LogP contribution is -1.99. The summed E-state index contributed by atoms with van der Waals surface area (Å²) in [7, 11) is 1.66. The highest BCUT2D eigenvalue weighted by atomic mass is 32.2. The van der Waals surface area contributed by atoms with Gasteiger partial charge in [-0.15, -0.1) is 10.2 Å². The lowest BCUT2D eigenvalue weighted by atomic mass is 10.2. The average Bonchev–Trinajstić information content (AvgIpc) is 3.17. The third kappa shape index (κ3) is 3.92. The number of thioether (sulfide) groups is 1. The van der Waals surface area contributed by atoms with E-state index in [-0.39, 0.29) is 5.82 Å². The second-order valence-electron chi connectivity index (χ2n) is 6.12. The molecule has 0 aliphatic carbocycles. The van der Waals surface area contributed by atoms with E-state index < -0.39 is 0 Å². The Morgan fingerprint density at radius 3 is 2.29 bits per heavy atom. The molecule has 0 fully saturated rings. The van der Waals surface area contributed by atoms with E-state index in [2.05, 4.69) is 10.2 Å². The summed E-state index contributed by atoms with van der Waals surface area (Å²) in [6.07, 6.45) is 0. The second-order valence-corrected chi connectivity index (χ2v) is 7.06. The Labute approximate surface area is 167 Å².